The molecule has 0 saturated carbocycles. The number of ether oxygens (including phenoxy) is 3. The van der Waals surface area contributed by atoms with Gasteiger partial charge in [0.25, 0.3) is 0 Å². The molecule has 0 bridgehead atoms. The van der Waals surface area contributed by atoms with Crippen LogP contribution in [0.1, 0.15) is 52.9 Å². The lowest BCUT2D eigenvalue weighted by Crippen LogP contribution is -2.36. The molecule has 0 amide bonds. The van der Waals surface area contributed by atoms with Crippen LogP contribution in [0, 0.1) is 5.92 Å². The first kappa shape index (κ1) is 22.6. The molecule has 1 heterocycles. The summed E-state index contributed by atoms with van der Waals surface area (Å²) in [5, 5.41) is 0. The van der Waals surface area contributed by atoms with Crippen molar-refractivity contribution in [2.45, 2.75) is 59.0 Å². The topological polar surface area (TPSA) is 65.1 Å². The second-order valence-corrected chi connectivity index (χ2v) is 7.25. The first-order chi connectivity index (χ1) is 12.5. The predicted molar refractivity (Wildman–Crippen MR) is 101 cm³/mol. The molecule has 0 N–H and O–H groups in total. The van der Waals surface area contributed by atoms with Crippen LogP contribution in [0.3, 0.4) is 0 Å². The smallest absolute Gasteiger partial charge is 0.331 e. The maximum Gasteiger partial charge on any atom is 0.331 e. The Hall–Kier alpha value is -1.40. The molecule has 0 aromatic heterocycles. The van der Waals surface area contributed by atoms with E-state index < -0.39 is 11.9 Å². The van der Waals surface area contributed by atoms with E-state index in [-0.39, 0.29) is 6.10 Å². The third kappa shape index (κ3) is 12.0. The zero-order chi connectivity index (χ0) is 19.2. The largest absolute Gasteiger partial charge is 0.463 e. The zero-order valence-electron chi connectivity index (χ0n) is 16.6. The summed E-state index contributed by atoms with van der Waals surface area (Å²) >= 11 is 0. The lowest BCUT2D eigenvalue weighted by Gasteiger charge is -2.26. The van der Waals surface area contributed by atoms with Gasteiger partial charge in [0.05, 0.1) is 25.9 Å². The van der Waals surface area contributed by atoms with Crippen LogP contribution < -0.4 is 0 Å². The van der Waals surface area contributed by atoms with E-state index >= 15 is 0 Å². The normalized spacial score (nSPS) is 16.8. The summed E-state index contributed by atoms with van der Waals surface area (Å²) in [6.07, 6.45) is 7.11. The van der Waals surface area contributed by atoms with Gasteiger partial charge in [-0.25, -0.2) is 9.59 Å². The van der Waals surface area contributed by atoms with Crippen molar-refractivity contribution in [2.24, 2.45) is 5.92 Å². The van der Waals surface area contributed by atoms with Crippen molar-refractivity contribution in [1.82, 2.24) is 4.90 Å². The molecule has 150 valence electrons. The number of morpholine rings is 1. The van der Waals surface area contributed by atoms with Gasteiger partial charge in [0.1, 0.15) is 0 Å². The molecule has 1 saturated heterocycles. The van der Waals surface area contributed by atoms with Crippen molar-refractivity contribution in [3.8, 4) is 0 Å². The van der Waals surface area contributed by atoms with E-state index in [1.54, 1.807) is 0 Å². The summed E-state index contributed by atoms with van der Waals surface area (Å²) in [6, 6.07) is 0. The first-order valence-corrected chi connectivity index (χ1v) is 9.83. The molecule has 0 aliphatic carbocycles. The molecule has 0 aromatic rings. The number of nitrogens with zero attached hydrogens (tertiary/aromatic N) is 1. The average molecular weight is 370 g/mol. The van der Waals surface area contributed by atoms with Crippen molar-refractivity contribution in [3.05, 3.63) is 12.2 Å². The van der Waals surface area contributed by atoms with E-state index in [1.165, 1.54) is 0 Å². The quantitative estimate of drug-likeness (QED) is 0.299. The molecule has 1 fully saturated rings. The van der Waals surface area contributed by atoms with Crippen molar-refractivity contribution in [3.63, 3.8) is 0 Å². The van der Waals surface area contributed by atoms with E-state index in [9.17, 15) is 9.59 Å². The molecule has 1 aliphatic heterocycles. The highest BCUT2D eigenvalue weighted by molar-refractivity contribution is 5.91. The molecular formula is C20H35NO5. The summed E-state index contributed by atoms with van der Waals surface area (Å²) < 4.78 is 15.6. The Kier molecular flexibility index (Phi) is 12.0. The van der Waals surface area contributed by atoms with Gasteiger partial charge in [-0.05, 0) is 38.6 Å². The van der Waals surface area contributed by atoms with Crippen molar-refractivity contribution in [2.75, 3.05) is 39.5 Å². The Balaban J connectivity index is 1.99. The molecule has 1 rings (SSSR count). The van der Waals surface area contributed by atoms with Gasteiger partial charge >= 0.3 is 11.9 Å². The number of rotatable bonds is 12. The number of hydrogen-bond donors (Lipinski definition) is 0. The van der Waals surface area contributed by atoms with Gasteiger partial charge in [0, 0.05) is 25.2 Å². The first-order valence-electron chi connectivity index (χ1n) is 9.83. The maximum absolute atomic E-state index is 11.6. The molecule has 0 radical (unpaired) electrons. The van der Waals surface area contributed by atoms with Gasteiger partial charge in [-0.15, -0.1) is 0 Å². The molecule has 1 atom stereocenters. The number of carbonyl (C=O) groups is 2. The zero-order valence-corrected chi connectivity index (χ0v) is 16.6. The van der Waals surface area contributed by atoms with Gasteiger partial charge in [-0.1, -0.05) is 26.7 Å². The molecular weight excluding hydrogens is 334 g/mol. The molecule has 0 spiro atoms. The highest BCUT2D eigenvalue weighted by atomic mass is 16.5. The minimum Gasteiger partial charge on any atom is -0.463 e. The fraction of sp³-hybridized carbons (Fsp3) is 0.800. The van der Waals surface area contributed by atoms with E-state index in [2.05, 4.69) is 18.7 Å². The van der Waals surface area contributed by atoms with Crippen LogP contribution in [-0.4, -0.2) is 62.4 Å². The maximum atomic E-state index is 11.6. The van der Waals surface area contributed by atoms with Crippen molar-refractivity contribution >= 4 is 11.9 Å². The fourth-order valence-corrected chi connectivity index (χ4v) is 2.92. The van der Waals surface area contributed by atoms with Crippen LogP contribution in [0.15, 0.2) is 12.2 Å². The third-order valence-electron chi connectivity index (χ3n) is 4.19. The van der Waals surface area contributed by atoms with E-state index in [4.69, 9.17) is 14.2 Å². The predicted octanol–water partition coefficient (Wildman–Crippen LogP) is 2.96. The van der Waals surface area contributed by atoms with E-state index in [0.29, 0.717) is 12.5 Å². The van der Waals surface area contributed by atoms with E-state index in [0.717, 1.165) is 77.1 Å². The Morgan fingerprint density at radius 1 is 1.00 bits per heavy atom. The van der Waals surface area contributed by atoms with Gasteiger partial charge < -0.3 is 14.2 Å². The van der Waals surface area contributed by atoms with Crippen LogP contribution in [-0.2, 0) is 23.8 Å². The molecule has 1 unspecified atom stereocenters. The monoisotopic (exact) mass is 369 g/mol. The molecule has 6 heteroatoms. The molecule has 1 aliphatic rings. The van der Waals surface area contributed by atoms with E-state index in [1.807, 2.05) is 6.92 Å². The van der Waals surface area contributed by atoms with Crippen molar-refractivity contribution in [1.29, 1.82) is 0 Å². The van der Waals surface area contributed by atoms with Gasteiger partial charge in [0.15, 0.2) is 0 Å². The number of hydrogen-bond acceptors (Lipinski definition) is 6. The minimum absolute atomic E-state index is 0.152. The SMILES string of the molecule is CC(C)CC(C)OC(=O)/C=C/C(=O)OCCCCCCN1CCOCC1. The van der Waals surface area contributed by atoms with Gasteiger partial charge in [-0.3, -0.25) is 4.90 Å². The summed E-state index contributed by atoms with van der Waals surface area (Å²) in [5.74, 6) is -0.536. The Morgan fingerprint density at radius 3 is 2.35 bits per heavy atom. The minimum atomic E-state index is -0.502. The summed E-state index contributed by atoms with van der Waals surface area (Å²) in [6.45, 7) is 11.2. The summed E-state index contributed by atoms with van der Waals surface area (Å²) in [5.41, 5.74) is 0. The highest BCUT2D eigenvalue weighted by Gasteiger charge is 2.10. The Labute approximate surface area is 157 Å². The fourth-order valence-electron chi connectivity index (χ4n) is 2.92. The van der Waals surface area contributed by atoms with Gasteiger partial charge in [-0.2, -0.15) is 0 Å². The molecule has 0 aromatic carbocycles. The number of carbonyl (C=O) groups excluding carboxylic acids is 2. The van der Waals surface area contributed by atoms with Gasteiger partial charge in [0.2, 0.25) is 0 Å². The summed E-state index contributed by atoms with van der Waals surface area (Å²) in [4.78, 5) is 25.6. The van der Waals surface area contributed by atoms with Crippen LogP contribution in [0.5, 0.6) is 0 Å². The molecule has 6 nitrogen and oxygen atoms in total. The van der Waals surface area contributed by atoms with Crippen LogP contribution >= 0.6 is 0 Å². The Morgan fingerprint density at radius 2 is 1.65 bits per heavy atom. The van der Waals surface area contributed by atoms with Crippen LogP contribution in [0.2, 0.25) is 0 Å². The lowest BCUT2D eigenvalue weighted by atomic mass is 10.1. The number of unbranched alkanes of at least 4 members (excludes halogenated alkanes) is 3. The molecule has 26 heavy (non-hydrogen) atoms. The van der Waals surface area contributed by atoms with Crippen LogP contribution in [0.4, 0.5) is 0 Å². The lowest BCUT2D eigenvalue weighted by molar-refractivity contribution is -0.144. The standard InChI is InChI=1S/C20H35NO5/c1-17(2)16-18(3)26-20(23)9-8-19(22)25-13-7-5-4-6-10-21-11-14-24-15-12-21/h8-9,17-18H,4-7,10-16H2,1-3H3/b9-8+. The summed E-state index contributed by atoms with van der Waals surface area (Å²) in [7, 11) is 0. The van der Waals surface area contributed by atoms with Crippen molar-refractivity contribution < 1.29 is 23.8 Å². The number of esters is 2. The second-order valence-electron chi connectivity index (χ2n) is 7.25. The average Bonchev–Trinajstić information content (AvgIpc) is 2.59. The second kappa shape index (κ2) is 13.8. The third-order valence-corrected chi connectivity index (χ3v) is 4.19. The highest BCUT2D eigenvalue weighted by Crippen LogP contribution is 2.08. The van der Waals surface area contributed by atoms with Crippen LogP contribution in [0.25, 0.3) is 0 Å². The Bertz CT molecular complexity index is 430.